The Balaban J connectivity index is 1.10. The summed E-state index contributed by atoms with van der Waals surface area (Å²) in [4.78, 5) is 2.57. The van der Waals surface area contributed by atoms with Gasteiger partial charge in [-0.15, -0.1) is 0 Å². The van der Waals surface area contributed by atoms with Crippen molar-refractivity contribution in [2.24, 2.45) is 5.92 Å². The maximum Gasteiger partial charge on any atom is 0.0561 e. The van der Waals surface area contributed by atoms with Crippen LogP contribution in [0.5, 0.6) is 0 Å². The number of anilines is 3. The number of nitrogens with zero attached hydrogens (tertiary/aromatic N) is 2. The van der Waals surface area contributed by atoms with Crippen molar-refractivity contribution < 1.29 is 0 Å². The molecule has 0 aliphatic heterocycles. The predicted octanol–water partition coefficient (Wildman–Crippen LogP) is 16.9. The molecule has 0 radical (unpaired) electrons. The van der Waals surface area contributed by atoms with Crippen molar-refractivity contribution in [3.05, 3.63) is 217 Å². The first-order valence-corrected chi connectivity index (χ1v) is 23.3. The number of benzene rings is 9. The normalized spacial score (nSPS) is 18.2. The van der Waals surface area contributed by atoms with Crippen molar-refractivity contribution in [1.82, 2.24) is 4.57 Å². The molecule has 1 heterocycles. The minimum Gasteiger partial charge on any atom is -0.309 e. The summed E-state index contributed by atoms with van der Waals surface area (Å²) in [6, 6.07) is 75.3. The summed E-state index contributed by atoms with van der Waals surface area (Å²) in [7, 11) is 0. The van der Waals surface area contributed by atoms with Crippen molar-refractivity contribution in [3.63, 3.8) is 0 Å². The zero-order valence-electron chi connectivity index (χ0n) is 36.6. The summed E-state index contributed by atoms with van der Waals surface area (Å²) in [6.45, 7) is 4.77. The summed E-state index contributed by atoms with van der Waals surface area (Å²) in [5.74, 6) is 0.892. The maximum absolute atomic E-state index is 2.57. The van der Waals surface area contributed by atoms with Crippen LogP contribution in [-0.2, 0) is 10.8 Å². The summed E-state index contributed by atoms with van der Waals surface area (Å²) in [5, 5.41) is 5.08. The van der Waals surface area contributed by atoms with E-state index < -0.39 is 0 Å². The molecule has 1 aromatic heterocycles. The van der Waals surface area contributed by atoms with E-state index in [1.54, 1.807) is 0 Å². The van der Waals surface area contributed by atoms with E-state index in [0.717, 1.165) is 17.3 Å². The Kier molecular flexibility index (Phi) is 8.28. The van der Waals surface area contributed by atoms with Crippen LogP contribution in [-0.4, -0.2) is 4.57 Å². The van der Waals surface area contributed by atoms with Crippen molar-refractivity contribution in [3.8, 4) is 39.1 Å². The molecule has 308 valence electrons. The van der Waals surface area contributed by atoms with Crippen molar-refractivity contribution >= 4 is 49.6 Å². The molecule has 2 heteroatoms. The van der Waals surface area contributed by atoms with Crippen LogP contribution < -0.4 is 4.90 Å². The standard InChI is InChI=1S/C62H50N2/c1-61(2)53-26-11-9-23-52(53)60-54(61)27-15-29-56(60)64(55-28-12-10-22-48(55)51-25-14-19-43-18-13-24-47(59(43)51)42-16-5-3-6-17-42)46-31-33-50-49-32-30-44(62-36-34-41(40-62)35-37-62)38-57(49)63(58(50)39-46)45-20-7-4-8-21-45/h3-33,38-39,41H,34-37,40H2,1-2H3. The average Bonchev–Trinajstić information content (AvgIpc) is 4.11. The molecule has 3 aliphatic rings. The number of rotatable bonds is 7. The van der Waals surface area contributed by atoms with Gasteiger partial charge in [-0.05, 0) is 136 Å². The summed E-state index contributed by atoms with van der Waals surface area (Å²) < 4.78 is 2.55. The Morgan fingerprint density at radius 2 is 1.11 bits per heavy atom. The third-order valence-electron chi connectivity index (χ3n) is 15.6. The zero-order valence-corrected chi connectivity index (χ0v) is 36.6. The fourth-order valence-corrected chi connectivity index (χ4v) is 12.6. The third kappa shape index (κ3) is 5.51. The van der Waals surface area contributed by atoms with Crippen LogP contribution in [0.15, 0.2) is 200 Å². The van der Waals surface area contributed by atoms with Gasteiger partial charge in [0.1, 0.15) is 0 Å². The van der Waals surface area contributed by atoms with Gasteiger partial charge in [-0.25, -0.2) is 0 Å². The van der Waals surface area contributed by atoms with Gasteiger partial charge in [-0.2, -0.15) is 0 Å². The SMILES string of the molecule is CC1(C)c2ccccc2-c2c(N(c3ccc4c5ccc(C67CCC(CC6)C7)cc5n(-c5ccccc5)c4c3)c3ccccc3-c3cccc4cccc(-c5ccccc5)c34)cccc21. The molecule has 13 rings (SSSR count). The second kappa shape index (κ2) is 14.2. The van der Waals surface area contributed by atoms with Crippen LogP contribution in [0.3, 0.4) is 0 Å². The van der Waals surface area contributed by atoms with Gasteiger partial charge in [0.25, 0.3) is 0 Å². The van der Waals surface area contributed by atoms with Crippen LogP contribution in [0.1, 0.15) is 62.6 Å². The number of hydrogen-bond acceptors (Lipinski definition) is 1. The molecule has 0 N–H and O–H groups in total. The van der Waals surface area contributed by atoms with Crippen LogP contribution in [0.4, 0.5) is 17.1 Å². The van der Waals surface area contributed by atoms with Gasteiger partial charge in [0.15, 0.2) is 0 Å². The molecular formula is C62H50N2. The molecule has 10 aromatic rings. The molecule has 0 amide bonds. The monoisotopic (exact) mass is 822 g/mol. The van der Waals surface area contributed by atoms with Gasteiger partial charge in [0.2, 0.25) is 0 Å². The number of aromatic nitrogens is 1. The second-order valence-corrected chi connectivity index (χ2v) is 19.3. The lowest BCUT2D eigenvalue weighted by Crippen LogP contribution is -2.19. The lowest BCUT2D eigenvalue weighted by molar-refractivity contribution is 0.419. The van der Waals surface area contributed by atoms with Crippen LogP contribution in [0.25, 0.3) is 71.6 Å². The van der Waals surface area contributed by atoms with Crippen LogP contribution in [0.2, 0.25) is 0 Å². The Labute approximate surface area is 376 Å². The van der Waals surface area contributed by atoms with E-state index in [2.05, 4.69) is 224 Å². The Hall–Kier alpha value is -7.16. The fraction of sp³-hybridized carbons (Fsp3) is 0.161. The highest BCUT2D eigenvalue weighted by molar-refractivity contribution is 6.12. The maximum atomic E-state index is 2.57. The van der Waals surface area contributed by atoms with Crippen molar-refractivity contribution in [1.29, 1.82) is 0 Å². The molecule has 0 unspecified atom stereocenters. The van der Waals surface area contributed by atoms with Gasteiger partial charge >= 0.3 is 0 Å². The lowest BCUT2D eigenvalue weighted by atomic mass is 9.77. The average molecular weight is 823 g/mol. The Morgan fingerprint density at radius 1 is 0.500 bits per heavy atom. The first kappa shape index (κ1) is 37.4. The largest absolute Gasteiger partial charge is 0.309 e. The van der Waals surface area contributed by atoms with Gasteiger partial charge in [-0.1, -0.05) is 172 Å². The first-order valence-electron chi connectivity index (χ1n) is 23.3. The highest BCUT2D eigenvalue weighted by Crippen LogP contribution is 2.57. The highest BCUT2D eigenvalue weighted by Gasteiger charge is 2.46. The van der Waals surface area contributed by atoms with Crippen LogP contribution >= 0.6 is 0 Å². The number of para-hydroxylation sites is 2. The van der Waals surface area contributed by atoms with Crippen LogP contribution in [0, 0.1) is 5.92 Å². The van der Waals surface area contributed by atoms with E-state index in [1.807, 2.05) is 0 Å². The number of fused-ring (bicyclic) bond motifs is 9. The molecule has 9 aromatic carbocycles. The fourth-order valence-electron chi connectivity index (χ4n) is 12.6. The minimum absolute atomic E-state index is 0.146. The van der Waals surface area contributed by atoms with Crippen molar-refractivity contribution in [2.75, 3.05) is 4.90 Å². The van der Waals surface area contributed by atoms with Gasteiger partial charge in [0.05, 0.1) is 22.4 Å². The van der Waals surface area contributed by atoms with Gasteiger partial charge < -0.3 is 9.47 Å². The molecule has 2 nitrogen and oxygen atoms in total. The summed E-state index contributed by atoms with van der Waals surface area (Å²) in [5.41, 5.74) is 19.1. The second-order valence-electron chi connectivity index (χ2n) is 19.3. The van der Waals surface area contributed by atoms with E-state index in [9.17, 15) is 0 Å². The molecule has 64 heavy (non-hydrogen) atoms. The quantitative estimate of drug-likeness (QED) is 0.155. The van der Waals surface area contributed by atoms with E-state index in [4.69, 9.17) is 0 Å². The molecule has 2 fully saturated rings. The van der Waals surface area contributed by atoms with E-state index >= 15 is 0 Å². The number of hydrogen-bond donors (Lipinski definition) is 0. The molecule has 0 atom stereocenters. The topological polar surface area (TPSA) is 8.17 Å². The molecule has 2 saturated carbocycles. The molecule has 0 spiro atoms. The van der Waals surface area contributed by atoms with Crippen molar-refractivity contribution in [2.45, 2.75) is 56.8 Å². The molecule has 3 aliphatic carbocycles. The summed E-state index contributed by atoms with van der Waals surface area (Å²) >= 11 is 0. The predicted molar refractivity (Wildman–Crippen MR) is 270 cm³/mol. The Bertz CT molecular complexity index is 3450. The van der Waals surface area contributed by atoms with Gasteiger partial charge in [-0.3, -0.25) is 0 Å². The van der Waals surface area contributed by atoms with E-state index in [-0.39, 0.29) is 5.41 Å². The lowest BCUT2D eigenvalue weighted by Gasteiger charge is -2.31. The smallest absolute Gasteiger partial charge is 0.0561 e. The zero-order chi connectivity index (χ0) is 42.6. The molecule has 0 saturated heterocycles. The summed E-state index contributed by atoms with van der Waals surface area (Å²) in [6.07, 6.45) is 6.72. The van der Waals surface area contributed by atoms with E-state index in [1.165, 1.54) is 126 Å². The van der Waals surface area contributed by atoms with E-state index in [0.29, 0.717) is 5.41 Å². The van der Waals surface area contributed by atoms with Gasteiger partial charge in [0, 0.05) is 38.7 Å². The molecular weight excluding hydrogens is 773 g/mol. The highest BCUT2D eigenvalue weighted by atomic mass is 15.2. The minimum atomic E-state index is -0.146. The molecule has 2 bridgehead atoms. The third-order valence-corrected chi connectivity index (χ3v) is 15.6. The Morgan fingerprint density at radius 3 is 1.88 bits per heavy atom. The first-order chi connectivity index (χ1) is 31.5.